The van der Waals surface area contributed by atoms with Gasteiger partial charge in [0, 0.05) is 20.1 Å². The Hall–Kier alpha value is -1.92. The second kappa shape index (κ2) is 13.4. The SMILES string of the molecule is CN=C(NCCS(=O)(=O)NCc1ccccc1)NCC(C)Oc1ccccc1F.I. The molecule has 1 atom stereocenters. The normalized spacial score (nSPS) is 12.6. The number of rotatable bonds is 10. The van der Waals surface area contributed by atoms with Crippen LogP contribution in [0, 0.1) is 5.82 Å². The lowest BCUT2D eigenvalue weighted by Gasteiger charge is -2.18. The molecule has 3 N–H and O–H groups in total. The van der Waals surface area contributed by atoms with Gasteiger partial charge in [-0.2, -0.15) is 0 Å². The number of ether oxygens (including phenoxy) is 1. The molecule has 0 spiro atoms. The van der Waals surface area contributed by atoms with Crippen molar-refractivity contribution in [3.05, 3.63) is 66.0 Å². The third-order valence-corrected chi connectivity index (χ3v) is 5.27. The number of sulfonamides is 1. The van der Waals surface area contributed by atoms with Gasteiger partial charge in [-0.3, -0.25) is 4.99 Å². The minimum Gasteiger partial charge on any atom is -0.486 e. The highest BCUT2D eigenvalue weighted by atomic mass is 127. The quantitative estimate of drug-likeness (QED) is 0.240. The number of halogens is 2. The minimum absolute atomic E-state index is 0. The molecule has 10 heteroatoms. The number of hydrogen-bond donors (Lipinski definition) is 3. The van der Waals surface area contributed by atoms with Crippen LogP contribution >= 0.6 is 24.0 Å². The molecule has 0 saturated carbocycles. The van der Waals surface area contributed by atoms with Gasteiger partial charge in [0.1, 0.15) is 6.10 Å². The van der Waals surface area contributed by atoms with Crippen molar-refractivity contribution >= 4 is 40.0 Å². The van der Waals surface area contributed by atoms with Gasteiger partial charge in [-0.1, -0.05) is 42.5 Å². The summed E-state index contributed by atoms with van der Waals surface area (Å²) in [6, 6.07) is 15.5. The molecule has 0 aliphatic heterocycles. The molecular weight excluding hydrogens is 522 g/mol. The number of nitrogens with one attached hydrogen (secondary N) is 3. The van der Waals surface area contributed by atoms with Gasteiger partial charge in [0.15, 0.2) is 17.5 Å². The van der Waals surface area contributed by atoms with Gasteiger partial charge in [-0.15, -0.1) is 24.0 Å². The Labute approximate surface area is 194 Å². The maximum Gasteiger partial charge on any atom is 0.213 e. The Kier molecular flexibility index (Phi) is 11.7. The molecule has 0 amide bonds. The summed E-state index contributed by atoms with van der Waals surface area (Å²) in [6.07, 6.45) is -0.318. The van der Waals surface area contributed by atoms with Crippen LogP contribution < -0.4 is 20.1 Å². The van der Waals surface area contributed by atoms with E-state index in [2.05, 4.69) is 20.3 Å². The summed E-state index contributed by atoms with van der Waals surface area (Å²) >= 11 is 0. The lowest BCUT2D eigenvalue weighted by atomic mass is 10.2. The van der Waals surface area contributed by atoms with Crippen molar-refractivity contribution in [2.75, 3.05) is 25.9 Å². The standard InChI is InChI=1S/C20H27FN4O3S.HI/c1-16(28-19-11-7-6-10-18(19)21)14-24-20(22-2)23-12-13-29(26,27)25-15-17-8-4-3-5-9-17;/h3-11,16,25H,12-15H2,1-2H3,(H2,22,23,24);1H. The Morgan fingerprint density at radius 3 is 2.43 bits per heavy atom. The average Bonchev–Trinajstić information content (AvgIpc) is 2.71. The van der Waals surface area contributed by atoms with Crippen molar-refractivity contribution in [2.24, 2.45) is 4.99 Å². The van der Waals surface area contributed by atoms with Crippen molar-refractivity contribution in [1.29, 1.82) is 0 Å². The summed E-state index contributed by atoms with van der Waals surface area (Å²) in [4.78, 5) is 4.05. The van der Waals surface area contributed by atoms with Gasteiger partial charge < -0.3 is 15.4 Å². The van der Waals surface area contributed by atoms with Gasteiger partial charge >= 0.3 is 0 Å². The number of hydrogen-bond acceptors (Lipinski definition) is 4. The lowest BCUT2D eigenvalue weighted by molar-refractivity contribution is 0.214. The molecule has 0 saturated heterocycles. The maximum absolute atomic E-state index is 13.6. The highest BCUT2D eigenvalue weighted by Gasteiger charge is 2.11. The van der Waals surface area contributed by atoms with Crippen LogP contribution in [-0.2, 0) is 16.6 Å². The van der Waals surface area contributed by atoms with E-state index in [9.17, 15) is 12.8 Å². The third kappa shape index (κ3) is 9.72. The molecule has 7 nitrogen and oxygen atoms in total. The largest absolute Gasteiger partial charge is 0.486 e. The minimum atomic E-state index is -3.42. The molecule has 0 fully saturated rings. The predicted molar refractivity (Wildman–Crippen MR) is 128 cm³/mol. The highest BCUT2D eigenvalue weighted by molar-refractivity contribution is 14.0. The van der Waals surface area contributed by atoms with Gasteiger partial charge in [-0.25, -0.2) is 17.5 Å². The van der Waals surface area contributed by atoms with Gasteiger partial charge in [0.25, 0.3) is 0 Å². The van der Waals surface area contributed by atoms with E-state index in [0.29, 0.717) is 12.5 Å². The van der Waals surface area contributed by atoms with Gasteiger partial charge in [0.05, 0.1) is 12.3 Å². The second-order valence-corrected chi connectivity index (χ2v) is 8.29. The summed E-state index contributed by atoms with van der Waals surface area (Å²) < 4.78 is 45.9. The number of para-hydroxylation sites is 1. The lowest BCUT2D eigenvalue weighted by Crippen LogP contribution is -2.44. The summed E-state index contributed by atoms with van der Waals surface area (Å²) in [5.74, 6) is 0.101. The van der Waals surface area contributed by atoms with Crippen molar-refractivity contribution in [3.63, 3.8) is 0 Å². The first kappa shape index (κ1) is 26.1. The number of nitrogens with zero attached hydrogens (tertiary/aromatic N) is 1. The van der Waals surface area contributed by atoms with Crippen LogP contribution in [0.2, 0.25) is 0 Å². The summed E-state index contributed by atoms with van der Waals surface area (Å²) in [5.41, 5.74) is 0.894. The van der Waals surface area contributed by atoms with Gasteiger partial charge in [0.2, 0.25) is 10.0 Å². The van der Waals surface area contributed by atoms with Crippen molar-refractivity contribution < 1.29 is 17.5 Å². The fraction of sp³-hybridized carbons (Fsp3) is 0.350. The number of aliphatic imine (C=N–C) groups is 1. The van der Waals surface area contributed by atoms with E-state index < -0.39 is 15.8 Å². The van der Waals surface area contributed by atoms with E-state index in [1.165, 1.54) is 6.07 Å². The molecule has 2 rings (SSSR count). The van der Waals surface area contributed by atoms with Crippen LogP contribution in [0.25, 0.3) is 0 Å². The Morgan fingerprint density at radius 1 is 1.10 bits per heavy atom. The molecule has 0 bridgehead atoms. The molecule has 166 valence electrons. The summed E-state index contributed by atoms with van der Waals surface area (Å²) in [5, 5.41) is 5.97. The van der Waals surface area contributed by atoms with Crippen LogP contribution in [0.5, 0.6) is 5.75 Å². The summed E-state index contributed by atoms with van der Waals surface area (Å²) in [7, 11) is -1.84. The van der Waals surface area contributed by atoms with Crippen LogP contribution in [0.4, 0.5) is 4.39 Å². The third-order valence-electron chi connectivity index (χ3n) is 3.95. The Bertz CT molecular complexity index is 898. The summed E-state index contributed by atoms with van der Waals surface area (Å²) in [6.45, 7) is 2.60. The molecule has 0 radical (unpaired) electrons. The zero-order valence-corrected chi connectivity index (χ0v) is 20.1. The predicted octanol–water partition coefficient (Wildman–Crippen LogP) is 2.50. The van der Waals surface area contributed by atoms with Crippen LogP contribution in [0.3, 0.4) is 0 Å². The first-order valence-corrected chi connectivity index (χ1v) is 10.9. The van der Waals surface area contributed by atoms with Crippen molar-refractivity contribution in [3.8, 4) is 5.75 Å². The Balaban J connectivity index is 0.00000450. The van der Waals surface area contributed by atoms with Crippen LogP contribution in [0.1, 0.15) is 12.5 Å². The average molecular weight is 550 g/mol. The maximum atomic E-state index is 13.6. The van der Waals surface area contributed by atoms with Crippen molar-refractivity contribution in [1.82, 2.24) is 15.4 Å². The second-order valence-electron chi connectivity index (χ2n) is 6.36. The van der Waals surface area contributed by atoms with Crippen molar-refractivity contribution in [2.45, 2.75) is 19.6 Å². The fourth-order valence-corrected chi connectivity index (χ4v) is 3.33. The molecule has 0 aromatic heterocycles. The topological polar surface area (TPSA) is 91.8 Å². The molecule has 0 heterocycles. The smallest absolute Gasteiger partial charge is 0.213 e. The van der Waals surface area contributed by atoms with E-state index in [4.69, 9.17) is 4.74 Å². The monoisotopic (exact) mass is 550 g/mol. The van der Waals surface area contributed by atoms with E-state index in [1.54, 1.807) is 32.2 Å². The first-order chi connectivity index (χ1) is 13.9. The molecule has 2 aromatic rings. The van der Waals surface area contributed by atoms with Crippen LogP contribution in [0.15, 0.2) is 59.6 Å². The van der Waals surface area contributed by atoms with E-state index in [1.807, 2.05) is 30.3 Å². The van der Waals surface area contributed by atoms with E-state index in [-0.39, 0.29) is 54.7 Å². The van der Waals surface area contributed by atoms with E-state index >= 15 is 0 Å². The zero-order chi connectivity index (χ0) is 21.1. The molecule has 0 aliphatic rings. The fourth-order valence-electron chi connectivity index (χ4n) is 2.42. The van der Waals surface area contributed by atoms with Gasteiger partial charge in [-0.05, 0) is 24.6 Å². The number of benzene rings is 2. The molecular formula is C20H28FIN4O3S. The highest BCUT2D eigenvalue weighted by Crippen LogP contribution is 2.16. The number of guanidine groups is 1. The molecule has 0 aliphatic carbocycles. The zero-order valence-electron chi connectivity index (χ0n) is 17.0. The molecule has 2 aromatic carbocycles. The first-order valence-electron chi connectivity index (χ1n) is 9.26. The molecule has 30 heavy (non-hydrogen) atoms. The van der Waals surface area contributed by atoms with E-state index in [0.717, 1.165) is 5.56 Å². The van der Waals surface area contributed by atoms with Crippen LogP contribution in [-0.4, -0.2) is 46.4 Å². The molecule has 1 unspecified atom stereocenters. The Morgan fingerprint density at radius 2 is 1.77 bits per heavy atom.